The van der Waals surface area contributed by atoms with Crippen molar-refractivity contribution in [1.29, 1.82) is 0 Å². The largest absolute Gasteiger partial charge is 0.379 e. The highest BCUT2D eigenvalue weighted by molar-refractivity contribution is 5.76. The van der Waals surface area contributed by atoms with Crippen molar-refractivity contribution in [3.05, 3.63) is 34.7 Å². The topological polar surface area (TPSA) is 39.4 Å². The lowest BCUT2D eigenvalue weighted by Crippen LogP contribution is -2.39. The fourth-order valence-electron chi connectivity index (χ4n) is 3.01. The summed E-state index contributed by atoms with van der Waals surface area (Å²) in [5, 5.41) is 0. The lowest BCUT2D eigenvalue weighted by atomic mass is 10.3. The molecule has 0 spiro atoms. The van der Waals surface area contributed by atoms with Crippen LogP contribution in [0.2, 0.25) is 0 Å². The molecule has 2 heterocycles. The number of para-hydroxylation sites is 2. The molecule has 0 amide bonds. The van der Waals surface area contributed by atoms with Gasteiger partial charge in [0.05, 0.1) is 24.2 Å². The van der Waals surface area contributed by atoms with Crippen molar-refractivity contribution in [3.63, 3.8) is 0 Å². The van der Waals surface area contributed by atoms with Gasteiger partial charge in [0.2, 0.25) is 0 Å². The molecular weight excluding hydrogens is 266 g/mol. The van der Waals surface area contributed by atoms with E-state index in [0.717, 1.165) is 50.4 Å². The summed E-state index contributed by atoms with van der Waals surface area (Å²) in [4.78, 5) is 15.0. The second-order valence-electron chi connectivity index (χ2n) is 5.84. The van der Waals surface area contributed by atoms with E-state index in [1.165, 1.54) is 0 Å². The number of hydrogen-bond donors (Lipinski definition) is 0. The Morgan fingerprint density at radius 2 is 1.76 bits per heavy atom. The molecule has 1 aliphatic rings. The van der Waals surface area contributed by atoms with Crippen molar-refractivity contribution in [2.75, 3.05) is 32.8 Å². The lowest BCUT2D eigenvalue weighted by molar-refractivity contribution is 0.0364. The van der Waals surface area contributed by atoms with Crippen LogP contribution in [0.4, 0.5) is 0 Å². The molecule has 114 valence electrons. The second kappa shape index (κ2) is 6.03. The van der Waals surface area contributed by atoms with E-state index in [4.69, 9.17) is 4.74 Å². The minimum absolute atomic E-state index is 0.0967. The highest BCUT2D eigenvalue weighted by Gasteiger charge is 2.16. The average molecular weight is 289 g/mol. The Morgan fingerprint density at radius 1 is 1.10 bits per heavy atom. The van der Waals surface area contributed by atoms with Gasteiger partial charge in [0, 0.05) is 32.2 Å². The summed E-state index contributed by atoms with van der Waals surface area (Å²) in [6.07, 6.45) is 0. The lowest BCUT2D eigenvalue weighted by Gasteiger charge is -2.26. The fourth-order valence-corrected chi connectivity index (χ4v) is 3.01. The maximum absolute atomic E-state index is 12.7. The van der Waals surface area contributed by atoms with Gasteiger partial charge in [0.25, 0.3) is 0 Å². The highest BCUT2D eigenvalue weighted by atomic mass is 16.5. The summed E-state index contributed by atoms with van der Waals surface area (Å²) in [7, 11) is 0. The first kappa shape index (κ1) is 14.4. The first-order chi connectivity index (χ1) is 10.2. The Bertz CT molecular complexity index is 666. The monoisotopic (exact) mass is 289 g/mol. The third-order valence-electron chi connectivity index (χ3n) is 4.13. The molecule has 0 aliphatic carbocycles. The van der Waals surface area contributed by atoms with Crippen LogP contribution in [0.3, 0.4) is 0 Å². The van der Waals surface area contributed by atoms with Gasteiger partial charge in [-0.1, -0.05) is 12.1 Å². The summed E-state index contributed by atoms with van der Waals surface area (Å²) in [5.41, 5.74) is 2.16. The summed E-state index contributed by atoms with van der Waals surface area (Å²) >= 11 is 0. The van der Waals surface area contributed by atoms with E-state index >= 15 is 0 Å². The molecule has 2 aromatic rings. The van der Waals surface area contributed by atoms with Gasteiger partial charge in [0.1, 0.15) is 0 Å². The van der Waals surface area contributed by atoms with Gasteiger partial charge >= 0.3 is 5.69 Å². The molecule has 0 bridgehead atoms. The van der Waals surface area contributed by atoms with E-state index in [1.807, 2.05) is 33.4 Å². The number of nitrogens with zero attached hydrogens (tertiary/aromatic N) is 3. The summed E-state index contributed by atoms with van der Waals surface area (Å²) < 4.78 is 9.16. The van der Waals surface area contributed by atoms with Crippen LogP contribution in [0.25, 0.3) is 11.0 Å². The molecule has 0 unspecified atom stereocenters. The minimum atomic E-state index is 0.0967. The zero-order valence-electron chi connectivity index (χ0n) is 12.8. The number of benzene rings is 1. The number of aromatic nitrogens is 2. The molecule has 1 aromatic carbocycles. The summed E-state index contributed by atoms with van der Waals surface area (Å²) in [6, 6.07) is 8.23. The molecule has 1 fully saturated rings. The van der Waals surface area contributed by atoms with Crippen LogP contribution >= 0.6 is 0 Å². The van der Waals surface area contributed by atoms with Crippen LogP contribution < -0.4 is 5.69 Å². The maximum atomic E-state index is 12.7. The number of rotatable bonds is 4. The Balaban J connectivity index is 1.90. The molecule has 5 heteroatoms. The van der Waals surface area contributed by atoms with Gasteiger partial charge < -0.3 is 4.74 Å². The van der Waals surface area contributed by atoms with Crippen LogP contribution in [-0.2, 0) is 11.3 Å². The maximum Gasteiger partial charge on any atom is 0.329 e. The van der Waals surface area contributed by atoms with Gasteiger partial charge in [-0.25, -0.2) is 4.79 Å². The number of morpholine rings is 1. The Labute approximate surface area is 124 Å². The van der Waals surface area contributed by atoms with Crippen molar-refractivity contribution in [2.24, 2.45) is 0 Å². The summed E-state index contributed by atoms with van der Waals surface area (Å²) in [6.45, 7) is 9.25. The Morgan fingerprint density at radius 3 is 2.43 bits per heavy atom. The van der Waals surface area contributed by atoms with Crippen molar-refractivity contribution in [2.45, 2.75) is 26.4 Å². The van der Waals surface area contributed by atoms with Crippen molar-refractivity contribution < 1.29 is 4.74 Å². The van der Waals surface area contributed by atoms with Gasteiger partial charge in [-0.05, 0) is 26.0 Å². The van der Waals surface area contributed by atoms with Gasteiger partial charge in [-0.2, -0.15) is 0 Å². The molecule has 1 saturated heterocycles. The fraction of sp³-hybridized carbons (Fsp3) is 0.562. The van der Waals surface area contributed by atoms with Crippen LogP contribution in [0, 0.1) is 0 Å². The smallest absolute Gasteiger partial charge is 0.329 e. The van der Waals surface area contributed by atoms with Crippen LogP contribution in [0.5, 0.6) is 0 Å². The van der Waals surface area contributed by atoms with E-state index in [1.54, 1.807) is 0 Å². The molecule has 0 N–H and O–H groups in total. The number of imidazole rings is 1. The molecule has 0 atom stereocenters. The van der Waals surface area contributed by atoms with Gasteiger partial charge in [0.15, 0.2) is 0 Å². The van der Waals surface area contributed by atoms with Crippen molar-refractivity contribution in [3.8, 4) is 0 Å². The zero-order valence-corrected chi connectivity index (χ0v) is 12.8. The van der Waals surface area contributed by atoms with Crippen LogP contribution in [-0.4, -0.2) is 46.9 Å². The molecule has 21 heavy (non-hydrogen) atoms. The van der Waals surface area contributed by atoms with E-state index in [-0.39, 0.29) is 11.7 Å². The van der Waals surface area contributed by atoms with E-state index < -0.39 is 0 Å². The van der Waals surface area contributed by atoms with Gasteiger partial charge in [-0.15, -0.1) is 0 Å². The van der Waals surface area contributed by atoms with Crippen LogP contribution in [0.1, 0.15) is 19.9 Å². The zero-order chi connectivity index (χ0) is 14.8. The molecule has 5 nitrogen and oxygen atoms in total. The molecular formula is C16H23N3O2. The number of ether oxygens (including phenoxy) is 1. The second-order valence-corrected chi connectivity index (χ2v) is 5.84. The van der Waals surface area contributed by atoms with E-state index in [0.29, 0.717) is 0 Å². The predicted molar refractivity (Wildman–Crippen MR) is 83.8 cm³/mol. The van der Waals surface area contributed by atoms with E-state index in [2.05, 4.69) is 18.7 Å². The number of fused-ring (bicyclic) bond motifs is 1. The SMILES string of the molecule is CC(C)n1c(=O)n(CCN2CCOCC2)c2ccccc21. The van der Waals surface area contributed by atoms with Crippen molar-refractivity contribution in [1.82, 2.24) is 14.0 Å². The Kier molecular flexibility index (Phi) is 4.12. The third kappa shape index (κ3) is 2.76. The van der Waals surface area contributed by atoms with Gasteiger partial charge in [-0.3, -0.25) is 14.0 Å². The molecule has 0 radical (unpaired) electrons. The van der Waals surface area contributed by atoms with Crippen molar-refractivity contribution >= 4 is 11.0 Å². The first-order valence-electron chi connectivity index (χ1n) is 7.68. The standard InChI is InChI=1S/C16H23N3O2/c1-13(2)19-15-6-4-3-5-14(15)18(16(19)20)8-7-17-9-11-21-12-10-17/h3-6,13H,7-12H2,1-2H3. The first-order valence-corrected chi connectivity index (χ1v) is 7.68. The average Bonchev–Trinajstić information content (AvgIpc) is 2.78. The molecule has 1 aliphatic heterocycles. The quantitative estimate of drug-likeness (QED) is 0.860. The third-order valence-corrected chi connectivity index (χ3v) is 4.13. The van der Waals surface area contributed by atoms with E-state index in [9.17, 15) is 4.79 Å². The molecule has 1 aromatic heterocycles. The number of hydrogen-bond acceptors (Lipinski definition) is 3. The minimum Gasteiger partial charge on any atom is -0.379 e. The Hall–Kier alpha value is -1.59. The summed E-state index contributed by atoms with van der Waals surface area (Å²) in [5.74, 6) is 0. The normalized spacial score (nSPS) is 16.9. The molecule has 0 saturated carbocycles. The predicted octanol–water partition coefficient (Wildman–Crippen LogP) is 1.72. The molecule has 3 rings (SSSR count). The highest BCUT2D eigenvalue weighted by Crippen LogP contribution is 2.16. The van der Waals surface area contributed by atoms with Crippen LogP contribution in [0.15, 0.2) is 29.1 Å².